The lowest BCUT2D eigenvalue weighted by molar-refractivity contribution is -0.119. The van der Waals surface area contributed by atoms with Crippen molar-refractivity contribution >= 4 is 5.91 Å². The topological polar surface area (TPSA) is 29.1 Å². The molecule has 1 amide bonds. The van der Waals surface area contributed by atoms with Gasteiger partial charge in [0.05, 0.1) is 0 Å². The van der Waals surface area contributed by atoms with Gasteiger partial charge in [-0.25, -0.2) is 4.39 Å². The summed E-state index contributed by atoms with van der Waals surface area (Å²) in [5.41, 5.74) is 1.04. The molecule has 0 bridgehead atoms. The molecular weight excluding hydrogens is 205 g/mol. The van der Waals surface area contributed by atoms with Gasteiger partial charge in [0.1, 0.15) is 5.82 Å². The first kappa shape index (κ1) is 12.7. The van der Waals surface area contributed by atoms with E-state index in [2.05, 4.69) is 19.2 Å². The molecular formula is C13H18FNO. The van der Waals surface area contributed by atoms with Crippen molar-refractivity contribution in [2.45, 2.75) is 33.2 Å². The number of hydrogen-bond donors (Lipinski definition) is 1. The van der Waals surface area contributed by atoms with E-state index < -0.39 is 0 Å². The van der Waals surface area contributed by atoms with Crippen LogP contribution in [0.25, 0.3) is 0 Å². The molecule has 0 aromatic heterocycles. The van der Waals surface area contributed by atoms with Crippen molar-refractivity contribution < 1.29 is 9.18 Å². The molecule has 88 valence electrons. The second-order valence-electron chi connectivity index (χ2n) is 4.38. The maximum Gasteiger partial charge on any atom is 0.217 e. The van der Waals surface area contributed by atoms with Crippen LogP contribution in [0.15, 0.2) is 24.3 Å². The first-order valence-electron chi connectivity index (χ1n) is 5.50. The van der Waals surface area contributed by atoms with Crippen LogP contribution in [0.2, 0.25) is 0 Å². The second kappa shape index (κ2) is 5.64. The Morgan fingerprint density at radius 2 is 1.88 bits per heavy atom. The molecule has 0 spiro atoms. The zero-order chi connectivity index (χ0) is 12.1. The average Bonchev–Trinajstić information content (AvgIpc) is 2.19. The van der Waals surface area contributed by atoms with Crippen LogP contribution in [0.1, 0.15) is 26.3 Å². The Bertz CT molecular complexity index is 345. The summed E-state index contributed by atoms with van der Waals surface area (Å²) >= 11 is 0. The van der Waals surface area contributed by atoms with Crippen LogP contribution < -0.4 is 5.32 Å². The van der Waals surface area contributed by atoms with Crippen LogP contribution in [-0.2, 0) is 11.2 Å². The third-order valence-corrected chi connectivity index (χ3v) is 2.56. The number of benzene rings is 1. The lowest BCUT2D eigenvalue weighted by atomic mass is 9.96. The first-order chi connectivity index (χ1) is 7.49. The molecule has 1 aromatic carbocycles. The molecule has 3 heteroatoms. The summed E-state index contributed by atoms with van der Waals surface area (Å²) in [4.78, 5) is 11.0. The van der Waals surface area contributed by atoms with Crippen molar-refractivity contribution in [3.63, 3.8) is 0 Å². The SMILES string of the molecule is CC(=O)NC(Cc1ccc(F)cc1)C(C)C. The third-order valence-electron chi connectivity index (χ3n) is 2.56. The number of halogens is 1. The quantitative estimate of drug-likeness (QED) is 0.835. The van der Waals surface area contributed by atoms with Crippen molar-refractivity contribution in [3.8, 4) is 0 Å². The fourth-order valence-corrected chi connectivity index (χ4v) is 1.59. The van der Waals surface area contributed by atoms with E-state index in [1.54, 1.807) is 12.1 Å². The van der Waals surface area contributed by atoms with Crippen molar-refractivity contribution in [2.75, 3.05) is 0 Å². The second-order valence-corrected chi connectivity index (χ2v) is 4.38. The van der Waals surface area contributed by atoms with Crippen LogP contribution >= 0.6 is 0 Å². The van der Waals surface area contributed by atoms with Gasteiger partial charge in [0.2, 0.25) is 5.91 Å². The van der Waals surface area contributed by atoms with Gasteiger partial charge in [-0.3, -0.25) is 4.79 Å². The van der Waals surface area contributed by atoms with E-state index in [4.69, 9.17) is 0 Å². The number of nitrogens with one attached hydrogen (secondary N) is 1. The third kappa shape index (κ3) is 4.01. The zero-order valence-electron chi connectivity index (χ0n) is 9.96. The summed E-state index contributed by atoms with van der Waals surface area (Å²) in [6.07, 6.45) is 0.734. The van der Waals surface area contributed by atoms with Gasteiger partial charge in [-0.1, -0.05) is 26.0 Å². The molecule has 0 aliphatic carbocycles. The van der Waals surface area contributed by atoms with Crippen LogP contribution in [0.4, 0.5) is 4.39 Å². The maximum absolute atomic E-state index is 12.7. The van der Waals surface area contributed by atoms with E-state index in [1.165, 1.54) is 19.1 Å². The minimum atomic E-state index is -0.232. The van der Waals surface area contributed by atoms with Crippen molar-refractivity contribution in [1.29, 1.82) is 0 Å². The van der Waals surface area contributed by atoms with E-state index in [0.717, 1.165) is 12.0 Å². The van der Waals surface area contributed by atoms with E-state index in [1.807, 2.05) is 0 Å². The largest absolute Gasteiger partial charge is 0.353 e. The normalized spacial score (nSPS) is 12.6. The Morgan fingerprint density at radius 1 is 1.31 bits per heavy atom. The summed E-state index contributed by atoms with van der Waals surface area (Å²) in [5, 5.41) is 2.91. The van der Waals surface area contributed by atoms with Crippen LogP contribution in [0.5, 0.6) is 0 Å². The van der Waals surface area contributed by atoms with Gasteiger partial charge in [-0.05, 0) is 30.0 Å². The van der Waals surface area contributed by atoms with Crippen LogP contribution in [-0.4, -0.2) is 11.9 Å². The number of carbonyl (C=O) groups is 1. The molecule has 1 unspecified atom stereocenters. The monoisotopic (exact) mass is 223 g/mol. The average molecular weight is 223 g/mol. The van der Waals surface area contributed by atoms with Gasteiger partial charge in [-0.15, -0.1) is 0 Å². The van der Waals surface area contributed by atoms with Gasteiger partial charge >= 0.3 is 0 Å². The molecule has 2 nitrogen and oxygen atoms in total. The zero-order valence-corrected chi connectivity index (χ0v) is 9.96. The van der Waals surface area contributed by atoms with Gasteiger partial charge < -0.3 is 5.32 Å². The molecule has 1 aromatic rings. The van der Waals surface area contributed by atoms with Crippen molar-refractivity contribution in [3.05, 3.63) is 35.6 Å². The van der Waals surface area contributed by atoms with E-state index in [9.17, 15) is 9.18 Å². The molecule has 0 saturated heterocycles. The highest BCUT2D eigenvalue weighted by Crippen LogP contribution is 2.11. The van der Waals surface area contributed by atoms with Gasteiger partial charge in [-0.2, -0.15) is 0 Å². The standard InChI is InChI=1S/C13H18FNO/c1-9(2)13(15-10(3)16)8-11-4-6-12(14)7-5-11/h4-7,9,13H,8H2,1-3H3,(H,15,16). The Hall–Kier alpha value is -1.38. The maximum atomic E-state index is 12.7. The summed E-state index contributed by atoms with van der Waals surface area (Å²) in [7, 11) is 0. The molecule has 0 aliphatic rings. The van der Waals surface area contributed by atoms with Crippen LogP contribution in [0.3, 0.4) is 0 Å². The van der Waals surface area contributed by atoms with Gasteiger partial charge in [0, 0.05) is 13.0 Å². The first-order valence-corrected chi connectivity index (χ1v) is 5.50. The molecule has 1 N–H and O–H groups in total. The Labute approximate surface area is 95.9 Å². The summed E-state index contributed by atoms with van der Waals surface area (Å²) in [6, 6.07) is 6.50. The molecule has 0 radical (unpaired) electrons. The summed E-state index contributed by atoms with van der Waals surface area (Å²) in [5.74, 6) is 0.0964. The van der Waals surface area contributed by atoms with Gasteiger partial charge in [0.25, 0.3) is 0 Å². The number of rotatable bonds is 4. The number of hydrogen-bond acceptors (Lipinski definition) is 1. The highest BCUT2D eigenvalue weighted by atomic mass is 19.1. The molecule has 1 rings (SSSR count). The Morgan fingerprint density at radius 3 is 2.31 bits per heavy atom. The summed E-state index contributed by atoms with van der Waals surface area (Å²) < 4.78 is 12.7. The van der Waals surface area contributed by atoms with Crippen molar-refractivity contribution in [1.82, 2.24) is 5.32 Å². The predicted octanol–water partition coefficient (Wildman–Crippen LogP) is 2.53. The molecule has 16 heavy (non-hydrogen) atoms. The minimum Gasteiger partial charge on any atom is -0.353 e. The fraction of sp³-hybridized carbons (Fsp3) is 0.462. The van der Waals surface area contributed by atoms with Crippen LogP contribution in [0, 0.1) is 11.7 Å². The van der Waals surface area contributed by atoms with Crippen molar-refractivity contribution in [2.24, 2.45) is 5.92 Å². The Balaban J connectivity index is 2.67. The number of amides is 1. The minimum absolute atomic E-state index is 0.0270. The highest BCUT2D eigenvalue weighted by Gasteiger charge is 2.14. The lowest BCUT2D eigenvalue weighted by Crippen LogP contribution is -2.38. The molecule has 0 fully saturated rings. The van der Waals surface area contributed by atoms with Gasteiger partial charge in [0.15, 0.2) is 0 Å². The Kier molecular flexibility index (Phi) is 4.47. The lowest BCUT2D eigenvalue weighted by Gasteiger charge is -2.21. The number of carbonyl (C=O) groups excluding carboxylic acids is 1. The fourth-order valence-electron chi connectivity index (χ4n) is 1.59. The van der Waals surface area contributed by atoms with E-state index in [0.29, 0.717) is 5.92 Å². The van der Waals surface area contributed by atoms with E-state index in [-0.39, 0.29) is 17.8 Å². The predicted molar refractivity (Wildman–Crippen MR) is 62.5 cm³/mol. The molecule has 0 heterocycles. The smallest absolute Gasteiger partial charge is 0.217 e. The molecule has 0 aliphatic heterocycles. The molecule has 1 atom stereocenters. The summed E-state index contributed by atoms with van der Waals surface area (Å²) in [6.45, 7) is 5.63. The molecule has 0 saturated carbocycles. The highest BCUT2D eigenvalue weighted by molar-refractivity contribution is 5.73. The van der Waals surface area contributed by atoms with E-state index >= 15 is 0 Å².